The van der Waals surface area contributed by atoms with Crippen LogP contribution in [0, 0.1) is 11.3 Å². The number of urea groups is 1. The van der Waals surface area contributed by atoms with Crippen LogP contribution in [0.1, 0.15) is 88.4 Å². The quantitative estimate of drug-likeness (QED) is 0.143. The van der Waals surface area contributed by atoms with Crippen molar-refractivity contribution in [1.29, 1.82) is 0 Å². The maximum Gasteiger partial charge on any atom is 0.324 e. The van der Waals surface area contributed by atoms with Crippen LogP contribution < -0.4 is 10.7 Å². The number of methoxy groups -OCH3 is 1. The second-order valence-electron chi connectivity index (χ2n) is 19.0. The number of rotatable bonds is 9. The second kappa shape index (κ2) is 20.3. The molecule has 2 fully saturated rings. The predicted octanol–water partition coefficient (Wildman–Crippen LogP) is 7.35. The summed E-state index contributed by atoms with van der Waals surface area (Å²) in [6.45, 7) is 14.4. The van der Waals surface area contributed by atoms with E-state index in [4.69, 9.17) is 24.2 Å². The molecule has 3 aliphatic rings. The number of carbonyl (C=O) groups excluding carboxylic acids is 4. The van der Waals surface area contributed by atoms with Crippen molar-refractivity contribution < 1.29 is 33.4 Å². The number of amides is 4. The van der Waals surface area contributed by atoms with Crippen LogP contribution >= 0.6 is 11.3 Å². The summed E-state index contributed by atoms with van der Waals surface area (Å²) in [4.78, 5) is 70.8. The lowest BCUT2D eigenvalue weighted by Crippen LogP contribution is -2.62. The van der Waals surface area contributed by atoms with Crippen LogP contribution in [0.3, 0.4) is 0 Å². The highest BCUT2D eigenvalue weighted by Crippen LogP contribution is 2.42. The zero-order chi connectivity index (χ0) is 47.6. The van der Waals surface area contributed by atoms with Crippen molar-refractivity contribution in [3.8, 4) is 22.5 Å². The van der Waals surface area contributed by atoms with Crippen LogP contribution in [-0.4, -0.2) is 118 Å². The Kier molecular flexibility index (Phi) is 14.5. The summed E-state index contributed by atoms with van der Waals surface area (Å²) in [5.41, 5.74) is 10.3. The summed E-state index contributed by atoms with van der Waals surface area (Å²) in [5.74, 6) is -1.63. The normalized spacial score (nSPS) is 21.1. The number of hydrogen-bond acceptors (Lipinski definition) is 11. The molecule has 0 saturated carbocycles. The Morgan fingerprint density at radius 3 is 2.61 bits per heavy atom. The average Bonchev–Trinajstić information content (AvgIpc) is 3.93. The molecule has 0 radical (unpaired) electrons. The van der Waals surface area contributed by atoms with E-state index in [2.05, 4.69) is 60.3 Å². The Hall–Kier alpha value is -5.68. The molecule has 67 heavy (non-hydrogen) atoms. The van der Waals surface area contributed by atoms with E-state index in [-0.39, 0.29) is 37.1 Å². The lowest BCUT2D eigenvalue weighted by atomic mass is 9.84. The van der Waals surface area contributed by atoms with E-state index in [1.807, 2.05) is 62.5 Å². The monoisotopic (exact) mass is 932 g/mol. The number of aryl methyl sites for hydroxylation is 1. The molecule has 5 atom stereocenters. The molecular formula is C51H64N8O7S. The molecule has 5 aromatic rings. The third-order valence-corrected chi connectivity index (χ3v) is 14.2. The van der Waals surface area contributed by atoms with E-state index in [9.17, 15) is 19.2 Å². The molecule has 6 bridgehead atoms. The molecule has 2 saturated heterocycles. The van der Waals surface area contributed by atoms with Crippen molar-refractivity contribution >= 4 is 46.1 Å². The van der Waals surface area contributed by atoms with Gasteiger partial charge in [-0.3, -0.25) is 24.4 Å². The number of likely N-dealkylation sites (N-methyl/N-ethyl adjacent to an activating group) is 1. The molecule has 0 unspecified atom stereocenters. The smallest absolute Gasteiger partial charge is 0.324 e. The zero-order valence-corrected chi connectivity index (χ0v) is 40.7. The first kappa shape index (κ1) is 47.8. The van der Waals surface area contributed by atoms with Gasteiger partial charge in [0, 0.05) is 79.2 Å². The van der Waals surface area contributed by atoms with Gasteiger partial charge in [-0.05, 0) is 74.4 Å². The van der Waals surface area contributed by atoms with Crippen molar-refractivity contribution in [3.63, 3.8) is 0 Å². The van der Waals surface area contributed by atoms with Gasteiger partial charge in [0.05, 0.1) is 54.1 Å². The Morgan fingerprint density at radius 2 is 1.87 bits per heavy atom. The third kappa shape index (κ3) is 9.99. The number of benzene rings is 2. The van der Waals surface area contributed by atoms with Crippen molar-refractivity contribution in [2.45, 2.75) is 104 Å². The SMILES string of the molecule is CCn1c(-c2cccnc2[C@H](C)OC)c2c3cc(ccc31)-c1csc(n1)C[C@H](NC(=O)[C@H](C(C)C)N(C)C(=O)N1CCOC[C@@H]1c1ccccc1)C(=O)N1CCC[C@H](N1)C(=O)OCC(C)(C)C2. The van der Waals surface area contributed by atoms with Crippen molar-refractivity contribution in [2.75, 3.05) is 47.1 Å². The predicted molar refractivity (Wildman–Crippen MR) is 258 cm³/mol. The number of carbonyl (C=O) groups is 4. The molecule has 2 aromatic carbocycles. The van der Waals surface area contributed by atoms with Gasteiger partial charge in [-0.15, -0.1) is 11.3 Å². The van der Waals surface area contributed by atoms with Crippen molar-refractivity contribution in [2.24, 2.45) is 11.3 Å². The van der Waals surface area contributed by atoms with Gasteiger partial charge in [0.15, 0.2) is 0 Å². The van der Waals surface area contributed by atoms with Gasteiger partial charge in [-0.2, -0.15) is 0 Å². The minimum absolute atomic E-state index is 0.0874. The number of hydrazine groups is 1. The molecule has 16 heteroatoms. The summed E-state index contributed by atoms with van der Waals surface area (Å²) < 4.78 is 20.1. The Balaban J connectivity index is 1.16. The number of fused-ring (bicyclic) bond motifs is 6. The van der Waals surface area contributed by atoms with E-state index < -0.39 is 41.3 Å². The minimum atomic E-state index is -1.07. The summed E-state index contributed by atoms with van der Waals surface area (Å²) in [7, 11) is 3.33. The minimum Gasteiger partial charge on any atom is -0.464 e. The second-order valence-corrected chi connectivity index (χ2v) is 20.0. The first-order valence-electron chi connectivity index (χ1n) is 23.5. The van der Waals surface area contributed by atoms with Crippen LogP contribution in [-0.2, 0) is 48.0 Å². The number of nitrogens with one attached hydrogen (secondary N) is 2. The fraction of sp³-hybridized carbons (Fsp3) is 0.490. The number of aromatic nitrogens is 3. The molecule has 0 spiro atoms. The molecule has 6 heterocycles. The molecule has 15 nitrogen and oxygen atoms in total. The maximum absolute atomic E-state index is 14.7. The fourth-order valence-electron chi connectivity index (χ4n) is 9.85. The molecule has 0 aliphatic carbocycles. The standard InChI is InChI=1S/C51H64N8O7S/c1-9-57-41-20-19-34-25-36(41)37(46(57)35-17-13-21-52-44(35)32(4)64-8)27-51(5,6)30-66-49(62)38-18-14-22-59(55-38)48(61)39(26-43-53-40(34)29-67-43)54-47(60)45(31(2)3)56(7)50(63)58-23-24-65-28-42(58)33-15-11-10-12-16-33/h10-13,15-17,19-21,25,29,31-32,38-39,42,45,55H,9,14,18,22-24,26-28,30H2,1-8H3,(H,54,60)/t32-,38-,39-,42+,45-/m0/s1. The van der Waals surface area contributed by atoms with E-state index in [0.29, 0.717) is 57.1 Å². The average molecular weight is 933 g/mol. The number of nitrogens with zero attached hydrogens (tertiary/aromatic N) is 6. The van der Waals surface area contributed by atoms with Crippen LogP contribution in [0.2, 0.25) is 0 Å². The Bertz CT molecular complexity index is 2590. The summed E-state index contributed by atoms with van der Waals surface area (Å²) >= 11 is 1.42. The van der Waals surface area contributed by atoms with Gasteiger partial charge in [-0.25, -0.2) is 15.2 Å². The van der Waals surface area contributed by atoms with Crippen LogP contribution in [0.5, 0.6) is 0 Å². The molecule has 4 amide bonds. The number of pyridine rings is 1. The number of morpholine rings is 1. The summed E-state index contributed by atoms with van der Waals surface area (Å²) in [5, 5.41) is 8.20. The van der Waals surface area contributed by atoms with Gasteiger partial charge >= 0.3 is 12.0 Å². The highest BCUT2D eigenvalue weighted by molar-refractivity contribution is 7.10. The number of cyclic esters (lactones) is 1. The third-order valence-electron chi connectivity index (χ3n) is 13.3. The lowest BCUT2D eigenvalue weighted by Gasteiger charge is -2.41. The van der Waals surface area contributed by atoms with Gasteiger partial charge in [-0.1, -0.05) is 64.1 Å². The number of thiazole rings is 1. The van der Waals surface area contributed by atoms with Crippen LogP contribution in [0.4, 0.5) is 4.79 Å². The number of esters is 1. The van der Waals surface area contributed by atoms with Crippen LogP contribution in [0.25, 0.3) is 33.4 Å². The largest absolute Gasteiger partial charge is 0.464 e. The Labute approximate surface area is 397 Å². The van der Waals surface area contributed by atoms with Gasteiger partial charge < -0.3 is 33.9 Å². The fourth-order valence-corrected chi connectivity index (χ4v) is 10.7. The molecule has 356 valence electrons. The number of hydrogen-bond donors (Lipinski definition) is 2. The van der Waals surface area contributed by atoms with Crippen LogP contribution in [0.15, 0.2) is 72.2 Å². The molecule has 3 aromatic heterocycles. The molecule has 8 rings (SSSR count). The topological polar surface area (TPSA) is 160 Å². The van der Waals surface area contributed by atoms with E-state index >= 15 is 0 Å². The first-order chi connectivity index (χ1) is 32.2. The summed E-state index contributed by atoms with van der Waals surface area (Å²) in [6.07, 6.45) is 3.23. The van der Waals surface area contributed by atoms with E-state index in [0.717, 1.165) is 50.2 Å². The lowest BCUT2D eigenvalue weighted by molar-refractivity contribution is -0.155. The molecule has 3 aliphatic heterocycles. The van der Waals surface area contributed by atoms with Gasteiger partial charge in [0.25, 0.3) is 5.91 Å². The highest BCUT2D eigenvalue weighted by Gasteiger charge is 2.40. The number of ether oxygens (including phenoxy) is 3. The van der Waals surface area contributed by atoms with Gasteiger partial charge in [0.1, 0.15) is 18.1 Å². The zero-order valence-electron chi connectivity index (χ0n) is 39.9. The molecule has 2 N–H and O–H groups in total. The van der Waals surface area contributed by atoms with Crippen molar-refractivity contribution in [3.05, 3.63) is 94.1 Å². The van der Waals surface area contributed by atoms with Crippen molar-refractivity contribution in [1.82, 2.24) is 40.1 Å². The van der Waals surface area contributed by atoms with Gasteiger partial charge in [0.2, 0.25) is 5.91 Å². The highest BCUT2D eigenvalue weighted by atomic mass is 32.1. The van der Waals surface area contributed by atoms with E-state index in [1.165, 1.54) is 21.2 Å². The summed E-state index contributed by atoms with van der Waals surface area (Å²) in [6, 6.07) is 16.8. The first-order valence-corrected chi connectivity index (χ1v) is 24.4. The maximum atomic E-state index is 14.7. The Morgan fingerprint density at radius 1 is 1.07 bits per heavy atom. The van der Waals surface area contributed by atoms with E-state index in [1.54, 1.807) is 25.3 Å². The molecular weight excluding hydrogens is 869 g/mol.